The van der Waals surface area contributed by atoms with Crippen molar-refractivity contribution in [2.75, 3.05) is 5.32 Å². The van der Waals surface area contributed by atoms with Crippen molar-refractivity contribution in [3.05, 3.63) is 29.3 Å². The van der Waals surface area contributed by atoms with E-state index in [4.69, 9.17) is 0 Å². The van der Waals surface area contributed by atoms with Crippen LogP contribution in [0.5, 0.6) is 0 Å². The number of anilines is 1. The predicted molar refractivity (Wildman–Crippen MR) is 85.3 cm³/mol. The van der Waals surface area contributed by atoms with Crippen molar-refractivity contribution in [3.63, 3.8) is 0 Å². The SMILES string of the molecule is Cc1ccc(NC(=O)CCC(=O)N/N=C/C(C)C)c(C)c1. The van der Waals surface area contributed by atoms with E-state index < -0.39 is 0 Å². The van der Waals surface area contributed by atoms with Gasteiger partial charge < -0.3 is 5.32 Å². The molecule has 21 heavy (non-hydrogen) atoms. The first kappa shape index (κ1) is 16.9. The summed E-state index contributed by atoms with van der Waals surface area (Å²) >= 11 is 0. The number of hydrogen-bond acceptors (Lipinski definition) is 3. The van der Waals surface area contributed by atoms with Crippen LogP contribution in [0.15, 0.2) is 23.3 Å². The molecule has 1 rings (SSSR count). The summed E-state index contributed by atoms with van der Waals surface area (Å²) in [7, 11) is 0. The maximum absolute atomic E-state index is 11.8. The highest BCUT2D eigenvalue weighted by atomic mass is 16.2. The molecule has 114 valence electrons. The fourth-order valence-corrected chi connectivity index (χ4v) is 1.71. The van der Waals surface area contributed by atoms with Gasteiger partial charge in [-0.05, 0) is 31.4 Å². The lowest BCUT2D eigenvalue weighted by Crippen LogP contribution is -2.21. The fraction of sp³-hybridized carbons (Fsp3) is 0.438. The smallest absolute Gasteiger partial charge is 0.240 e. The van der Waals surface area contributed by atoms with E-state index in [1.165, 1.54) is 0 Å². The normalized spacial score (nSPS) is 10.9. The van der Waals surface area contributed by atoms with Crippen molar-refractivity contribution < 1.29 is 9.59 Å². The van der Waals surface area contributed by atoms with Crippen LogP contribution in [0.3, 0.4) is 0 Å². The summed E-state index contributed by atoms with van der Waals surface area (Å²) in [6, 6.07) is 5.81. The number of benzene rings is 1. The van der Waals surface area contributed by atoms with Gasteiger partial charge in [-0.1, -0.05) is 31.5 Å². The standard InChI is InChI=1S/C16H23N3O2/c1-11(2)10-17-19-16(21)8-7-15(20)18-14-6-5-12(3)9-13(14)4/h5-6,9-11H,7-8H2,1-4H3,(H,18,20)(H,19,21)/b17-10+. The van der Waals surface area contributed by atoms with Gasteiger partial charge in [0.1, 0.15) is 0 Å². The summed E-state index contributed by atoms with van der Waals surface area (Å²) in [5, 5.41) is 6.61. The van der Waals surface area contributed by atoms with Crippen LogP contribution in [0, 0.1) is 19.8 Å². The number of hydrogen-bond donors (Lipinski definition) is 2. The minimum atomic E-state index is -0.261. The van der Waals surface area contributed by atoms with E-state index in [-0.39, 0.29) is 30.6 Å². The quantitative estimate of drug-likeness (QED) is 0.624. The highest BCUT2D eigenvalue weighted by molar-refractivity contribution is 5.93. The van der Waals surface area contributed by atoms with E-state index in [0.29, 0.717) is 0 Å². The number of carbonyl (C=O) groups excluding carboxylic acids is 2. The van der Waals surface area contributed by atoms with Crippen molar-refractivity contribution in [1.82, 2.24) is 5.43 Å². The molecule has 0 spiro atoms. The molecule has 0 radical (unpaired) electrons. The Balaban J connectivity index is 2.39. The largest absolute Gasteiger partial charge is 0.326 e. The van der Waals surface area contributed by atoms with Crippen molar-refractivity contribution in [3.8, 4) is 0 Å². The molecule has 5 heteroatoms. The molecule has 0 bridgehead atoms. The summed E-state index contributed by atoms with van der Waals surface area (Å²) in [6.07, 6.45) is 1.90. The van der Waals surface area contributed by atoms with Crippen LogP contribution in [0.2, 0.25) is 0 Å². The minimum absolute atomic E-state index is 0.117. The van der Waals surface area contributed by atoms with E-state index in [0.717, 1.165) is 16.8 Å². The third-order valence-corrected chi connectivity index (χ3v) is 2.80. The van der Waals surface area contributed by atoms with Crippen LogP contribution in [0.4, 0.5) is 5.69 Å². The average molecular weight is 289 g/mol. The first-order chi connectivity index (χ1) is 9.88. The lowest BCUT2D eigenvalue weighted by atomic mass is 10.1. The maximum atomic E-state index is 11.8. The van der Waals surface area contributed by atoms with E-state index >= 15 is 0 Å². The van der Waals surface area contributed by atoms with Gasteiger partial charge in [0, 0.05) is 24.7 Å². The lowest BCUT2D eigenvalue weighted by molar-refractivity contribution is -0.124. The third-order valence-electron chi connectivity index (χ3n) is 2.80. The van der Waals surface area contributed by atoms with Crippen LogP contribution in [-0.4, -0.2) is 18.0 Å². The molecule has 1 aromatic rings. The number of amides is 2. The fourth-order valence-electron chi connectivity index (χ4n) is 1.71. The van der Waals surface area contributed by atoms with Crippen LogP contribution in [-0.2, 0) is 9.59 Å². The second kappa shape index (κ2) is 8.19. The Morgan fingerprint density at radius 1 is 1.19 bits per heavy atom. The summed E-state index contributed by atoms with van der Waals surface area (Å²) < 4.78 is 0. The molecular formula is C16H23N3O2. The Morgan fingerprint density at radius 2 is 1.86 bits per heavy atom. The number of nitrogens with one attached hydrogen (secondary N) is 2. The van der Waals surface area contributed by atoms with Gasteiger partial charge >= 0.3 is 0 Å². The Kier molecular flexibility index (Phi) is 6.59. The van der Waals surface area contributed by atoms with Gasteiger partial charge in [0.15, 0.2) is 0 Å². The molecule has 0 aliphatic rings. The molecule has 2 N–H and O–H groups in total. The molecule has 0 saturated heterocycles. The Labute approximate surface area is 125 Å². The molecule has 0 unspecified atom stereocenters. The maximum Gasteiger partial charge on any atom is 0.240 e. The highest BCUT2D eigenvalue weighted by Gasteiger charge is 2.08. The van der Waals surface area contributed by atoms with E-state index in [2.05, 4.69) is 15.8 Å². The topological polar surface area (TPSA) is 70.6 Å². The third kappa shape index (κ3) is 6.70. The van der Waals surface area contributed by atoms with Crippen LogP contribution >= 0.6 is 0 Å². The van der Waals surface area contributed by atoms with Crippen molar-refractivity contribution >= 4 is 23.7 Å². The van der Waals surface area contributed by atoms with Crippen molar-refractivity contribution in [2.24, 2.45) is 11.0 Å². The van der Waals surface area contributed by atoms with Gasteiger partial charge in [0.05, 0.1) is 0 Å². The predicted octanol–water partition coefficient (Wildman–Crippen LogP) is 2.78. The zero-order valence-electron chi connectivity index (χ0n) is 13.1. The second-order valence-electron chi connectivity index (χ2n) is 5.42. The van der Waals surface area contributed by atoms with E-state index in [1.807, 2.05) is 45.9 Å². The van der Waals surface area contributed by atoms with Gasteiger partial charge in [-0.3, -0.25) is 9.59 Å². The van der Waals surface area contributed by atoms with Crippen LogP contribution in [0.25, 0.3) is 0 Å². The molecule has 0 fully saturated rings. The molecule has 0 aliphatic heterocycles. The molecule has 5 nitrogen and oxygen atoms in total. The Morgan fingerprint density at radius 3 is 2.48 bits per heavy atom. The summed E-state index contributed by atoms with van der Waals surface area (Å²) in [6.45, 7) is 7.87. The van der Waals surface area contributed by atoms with Crippen molar-refractivity contribution in [1.29, 1.82) is 0 Å². The molecule has 0 aliphatic carbocycles. The molecule has 1 aromatic carbocycles. The summed E-state index contributed by atoms with van der Waals surface area (Å²) in [4.78, 5) is 23.3. The van der Waals surface area contributed by atoms with Gasteiger partial charge in [0.25, 0.3) is 0 Å². The monoisotopic (exact) mass is 289 g/mol. The summed E-state index contributed by atoms with van der Waals surface area (Å²) in [5.41, 5.74) is 5.34. The number of rotatable bonds is 6. The minimum Gasteiger partial charge on any atom is -0.326 e. The number of carbonyl (C=O) groups is 2. The second-order valence-corrected chi connectivity index (χ2v) is 5.42. The first-order valence-electron chi connectivity index (χ1n) is 7.07. The lowest BCUT2D eigenvalue weighted by Gasteiger charge is -2.08. The molecular weight excluding hydrogens is 266 g/mol. The zero-order chi connectivity index (χ0) is 15.8. The zero-order valence-corrected chi connectivity index (χ0v) is 13.1. The number of nitrogens with zero attached hydrogens (tertiary/aromatic N) is 1. The molecule has 0 atom stereocenters. The number of hydrazone groups is 1. The average Bonchev–Trinajstić information content (AvgIpc) is 2.39. The molecule has 0 aromatic heterocycles. The van der Waals surface area contributed by atoms with E-state index in [9.17, 15) is 9.59 Å². The Hall–Kier alpha value is -2.17. The number of aryl methyl sites for hydroxylation is 2. The van der Waals surface area contributed by atoms with Crippen molar-refractivity contribution in [2.45, 2.75) is 40.5 Å². The van der Waals surface area contributed by atoms with Crippen LogP contribution in [0.1, 0.15) is 37.8 Å². The van der Waals surface area contributed by atoms with Gasteiger partial charge in [-0.25, -0.2) is 5.43 Å². The summed E-state index contributed by atoms with van der Waals surface area (Å²) in [5.74, 6) is -0.161. The highest BCUT2D eigenvalue weighted by Crippen LogP contribution is 2.16. The molecule has 0 saturated carbocycles. The molecule has 0 heterocycles. The van der Waals surface area contributed by atoms with E-state index in [1.54, 1.807) is 6.21 Å². The van der Waals surface area contributed by atoms with Gasteiger partial charge in [-0.15, -0.1) is 0 Å². The van der Waals surface area contributed by atoms with Crippen LogP contribution < -0.4 is 10.7 Å². The first-order valence-corrected chi connectivity index (χ1v) is 7.07. The van der Waals surface area contributed by atoms with Gasteiger partial charge in [-0.2, -0.15) is 5.10 Å². The molecule has 2 amide bonds. The van der Waals surface area contributed by atoms with Gasteiger partial charge in [0.2, 0.25) is 11.8 Å². The Bertz CT molecular complexity index is 536.